The lowest BCUT2D eigenvalue weighted by Gasteiger charge is -2.12. The van der Waals surface area contributed by atoms with Crippen LogP contribution in [0.4, 0.5) is 34.1 Å². The molecular formula is C31H21N9O8. The lowest BCUT2D eigenvalue weighted by molar-refractivity contribution is -0.393. The highest BCUT2D eigenvalue weighted by Crippen LogP contribution is 2.30. The smallest absolute Gasteiger partial charge is 0.271 e. The van der Waals surface area contributed by atoms with E-state index in [1.165, 1.54) is 12.1 Å². The van der Waals surface area contributed by atoms with Crippen LogP contribution in [0.2, 0.25) is 0 Å². The van der Waals surface area contributed by atoms with Crippen LogP contribution in [0, 0.1) is 40.5 Å². The van der Waals surface area contributed by atoms with Gasteiger partial charge >= 0.3 is 11.4 Å². The lowest BCUT2D eigenvalue weighted by atomic mass is 10.0. The van der Waals surface area contributed by atoms with E-state index < -0.39 is 42.4 Å². The van der Waals surface area contributed by atoms with Crippen LogP contribution < -0.4 is 10.9 Å². The van der Waals surface area contributed by atoms with Crippen LogP contribution in [0.25, 0.3) is 0 Å². The summed E-state index contributed by atoms with van der Waals surface area (Å²) in [5.74, 6) is 0. The Morgan fingerprint density at radius 3 is 1.25 bits per heavy atom. The molecule has 238 valence electrons. The van der Waals surface area contributed by atoms with Crippen molar-refractivity contribution in [3.05, 3.63) is 178 Å². The normalized spacial score (nSPS) is 11.4. The summed E-state index contributed by atoms with van der Waals surface area (Å²) in [5, 5.41) is 54.6. The number of hydrogen-bond donors (Lipinski definition) is 2. The Morgan fingerprint density at radius 2 is 0.896 bits per heavy atom. The number of nitro groups is 4. The molecular weight excluding hydrogens is 626 g/mol. The maximum atomic E-state index is 11.7. The molecule has 1 heterocycles. The van der Waals surface area contributed by atoms with Gasteiger partial charge in [-0.25, -0.2) is 4.98 Å². The summed E-state index contributed by atoms with van der Waals surface area (Å²) in [6.07, 6.45) is 0. The number of benzene rings is 4. The molecule has 4 aromatic carbocycles. The first kappa shape index (κ1) is 32.0. The van der Waals surface area contributed by atoms with Crippen LogP contribution in [-0.2, 0) is 0 Å². The Balaban J connectivity index is 1.59. The molecule has 1 aromatic heterocycles. The van der Waals surface area contributed by atoms with E-state index in [9.17, 15) is 40.5 Å². The molecule has 5 rings (SSSR count). The fourth-order valence-corrected chi connectivity index (χ4v) is 4.42. The molecule has 0 amide bonds. The highest BCUT2D eigenvalue weighted by atomic mass is 16.6. The molecule has 0 bridgehead atoms. The first-order valence-electron chi connectivity index (χ1n) is 13.7. The number of non-ortho nitro benzene ring substituents is 2. The predicted molar refractivity (Wildman–Crippen MR) is 175 cm³/mol. The number of hydrazone groups is 2. The molecule has 17 nitrogen and oxygen atoms in total. The second-order valence-corrected chi connectivity index (χ2v) is 9.72. The fraction of sp³-hybridized carbons (Fsp3) is 0. The third-order valence-corrected chi connectivity index (χ3v) is 6.68. The number of nitro benzene ring substituents is 4. The Hall–Kier alpha value is -7.43. The molecule has 2 N–H and O–H groups in total. The topological polar surface area (TPSA) is 234 Å². The van der Waals surface area contributed by atoms with E-state index in [1.54, 1.807) is 78.9 Å². The number of pyridine rings is 1. The molecule has 0 saturated carbocycles. The van der Waals surface area contributed by atoms with Gasteiger partial charge in [-0.15, -0.1) is 0 Å². The number of nitrogens with zero attached hydrogens (tertiary/aromatic N) is 7. The molecule has 0 aliphatic rings. The Bertz CT molecular complexity index is 1960. The van der Waals surface area contributed by atoms with Crippen molar-refractivity contribution in [1.29, 1.82) is 0 Å². The van der Waals surface area contributed by atoms with Gasteiger partial charge in [-0.2, -0.15) is 10.2 Å². The highest BCUT2D eigenvalue weighted by Gasteiger charge is 2.22. The van der Waals surface area contributed by atoms with Crippen LogP contribution >= 0.6 is 0 Å². The minimum Gasteiger partial charge on any atom is -0.271 e. The van der Waals surface area contributed by atoms with Crippen molar-refractivity contribution in [3.63, 3.8) is 0 Å². The third kappa shape index (κ3) is 7.26. The number of nitrogens with one attached hydrogen (secondary N) is 2. The lowest BCUT2D eigenvalue weighted by Crippen LogP contribution is -2.14. The molecule has 0 fully saturated rings. The fourth-order valence-electron chi connectivity index (χ4n) is 4.42. The van der Waals surface area contributed by atoms with Gasteiger partial charge in [0.25, 0.3) is 11.4 Å². The highest BCUT2D eigenvalue weighted by molar-refractivity contribution is 6.15. The van der Waals surface area contributed by atoms with E-state index in [0.717, 1.165) is 24.3 Å². The van der Waals surface area contributed by atoms with Crippen molar-refractivity contribution < 1.29 is 19.7 Å². The van der Waals surface area contributed by atoms with Crippen molar-refractivity contribution in [2.24, 2.45) is 10.2 Å². The number of anilines is 2. The molecule has 0 aliphatic heterocycles. The molecule has 0 radical (unpaired) electrons. The number of aromatic nitrogens is 1. The quantitative estimate of drug-likeness (QED) is 0.0848. The molecule has 0 atom stereocenters. The minimum atomic E-state index is -0.767. The summed E-state index contributed by atoms with van der Waals surface area (Å²) in [5.41, 5.74) is 5.24. The molecule has 0 aliphatic carbocycles. The molecule has 0 unspecified atom stereocenters. The van der Waals surface area contributed by atoms with Crippen LogP contribution in [0.5, 0.6) is 0 Å². The van der Waals surface area contributed by atoms with Gasteiger partial charge in [0.15, 0.2) is 0 Å². The predicted octanol–water partition coefficient (Wildman–Crippen LogP) is 6.44. The van der Waals surface area contributed by atoms with E-state index in [0.29, 0.717) is 22.5 Å². The molecule has 0 spiro atoms. The first-order valence-corrected chi connectivity index (χ1v) is 13.7. The summed E-state index contributed by atoms with van der Waals surface area (Å²) in [4.78, 5) is 47.5. The van der Waals surface area contributed by atoms with Crippen molar-refractivity contribution in [2.45, 2.75) is 0 Å². The van der Waals surface area contributed by atoms with Gasteiger partial charge in [0.05, 0.1) is 43.2 Å². The van der Waals surface area contributed by atoms with Crippen LogP contribution in [0.15, 0.2) is 125 Å². The summed E-state index contributed by atoms with van der Waals surface area (Å²) < 4.78 is 0. The average molecular weight is 648 g/mol. The zero-order chi connectivity index (χ0) is 34.2. The molecule has 5 aromatic rings. The van der Waals surface area contributed by atoms with Crippen LogP contribution in [0.3, 0.4) is 0 Å². The average Bonchev–Trinajstić information content (AvgIpc) is 3.09. The largest absolute Gasteiger partial charge is 0.301 e. The third-order valence-electron chi connectivity index (χ3n) is 6.68. The van der Waals surface area contributed by atoms with Gasteiger partial charge in [0.2, 0.25) is 0 Å². The maximum absolute atomic E-state index is 11.7. The summed E-state index contributed by atoms with van der Waals surface area (Å²) in [7, 11) is 0. The first-order chi connectivity index (χ1) is 23.1. The van der Waals surface area contributed by atoms with Crippen molar-refractivity contribution in [1.82, 2.24) is 4.98 Å². The SMILES string of the molecule is O=[N+]([O-])c1ccc(NN=C(c2ccccc2)c2cccc(C(=NNc3ccc([N+](=O)[O-])cc3[N+](=O)[O-])c3ccccc3)n2)c([N+](=O)[O-])c1. The van der Waals surface area contributed by atoms with Gasteiger partial charge in [0.1, 0.15) is 22.8 Å². The van der Waals surface area contributed by atoms with E-state index in [4.69, 9.17) is 4.98 Å². The van der Waals surface area contributed by atoms with Crippen LogP contribution in [0.1, 0.15) is 22.5 Å². The number of hydrogen-bond acceptors (Lipinski definition) is 13. The zero-order valence-electron chi connectivity index (χ0n) is 24.4. The van der Waals surface area contributed by atoms with Gasteiger partial charge in [-0.3, -0.25) is 51.3 Å². The molecule has 0 saturated heterocycles. The zero-order valence-corrected chi connectivity index (χ0v) is 24.4. The Labute approximate surface area is 269 Å². The standard InChI is InChI=1S/C31H21N9O8/c41-37(42)22-14-16-24(28(18-22)39(45)46)33-35-30(20-8-3-1-4-9-20)26-12-7-13-27(32-26)31(21-10-5-2-6-11-21)36-34-25-17-15-23(38(43)44)19-29(25)40(47)48/h1-19,33-34H. The van der Waals surface area contributed by atoms with E-state index in [2.05, 4.69) is 21.1 Å². The second kappa shape index (κ2) is 14.1. The molecule has 48 heavy (non-hydrogen) atoms. The van der Waals surface area contributed by atoms with E-state index in [-0.39, 0.29) is 22.8 Å². The van der Waals surface area contributed by atoms with Crippen molar-refractivity contribution in [2.75, 3.05) is 10.9 Å². The second-order valence-electron chi connectivity index (χ2n) is 9.72. The van der Waals surface area contributed by atoms with Crippen LogP contribution in [-0.4, -0.2) is 36.1 Å². The van der Waals surface area contributed by atoms with E-state index >= 15 is 0 Å². The summed E-state index contributed by atoms with van der Waals surface area (Å²) in [6, 6.07) is 28.7. The summed E-state index contributed by atoms with van der Waals surface area (Å²) in [6.45, 7) is 0. The maximum Gasteiger partial charge on any atom is 0.301 e. The van der Waals surface area contributed by atoms with Crippen molar-refractivity contribution in [3.8, 4) is 0 Å². The number of rotatable bonds is 12. The van der Waals surface area contributed by atoms with E-state index in [1.807, 2.05) is 0 Å². The Morgan fingerprint density at radius 1 is 0.500 bits per heavy atom. The monoisotopic (exact) mass is 647 g/mol. The molecule has 17 heteroatoms. The van der Waals surface area contributed by atoms with Gasteiger partial charge in [-0.05, 0) is 24.3 Å². The van der Waals surface area contributed by atoms with Crippen molar-refractivity contribution >= 4 is 45.5 Å². The van der Waals surface area contributed by atoms with Gasteiger partial charge in [0, 0.05) is 23.3 Å². The Kier molecular flexibility index (Phi) is 9.41. The minimum absolute atomic E-state index is 0.101. The summed E-state index contributed by atoms with van der Waals surface area (Å²) >= 11 is 0. The van der Waals surface area contributed by atoms with Gasteiger partial charge in [-0.1, -0.05) is 66.7 Å². The van der Waals surface area contributed by atoms with Gasteiger partial charge < -0.3 is 0 Å².